The molecule has 0 saturated carbocycles. The van der Waals surface area contributed by atoms with E-state index in [9.17, 15) is 0 Å². The molecule has 0 fully saturated rings. The number of thioether (sulfide) groups is 1. The molecule has 0 aliphatic heterocycles. The van der Waals surface area contributed by atoms with Crippen LogP contribution in [0.3, 0.4) is 0 Å². The lowest BCUT2D eigenvalue weighted by atomic mass is 10.2. The number of para-hydroxylation sites is 1. The number of rotatable bonds is 5. The SMILES string of the molecule is Cc1oc(-c2ccccc2)nc1CSc1nncn1-c1ccccc1. The highest BCUT2D eigenvalue weighted by Gasteiger charge is 2.14. The molecule has 0 radical (unpaired) electrons. The first-order valence-electron chi connectivity index (χ1n) is 7.91. The van der Waals surface area contributed by atoms with Crippen LogP contribution in [0.15, 0.2) is 76.6 Å². The van der Waals surface area contributed by atoms with Crippen molar-refractivity contribution in [3.8, 4) is 17.1 Å². The van der Waals surface area contributed by atoms with Crippen LogP contribution in [0.25, 0.3) is 17.1 Å². The molecule has 6 heteroatoms. The van der Waals surface area contributed by atoms with Gasteiger partial charge in [-0.25, -0.2) is 4.98 Å². The van der Waals surface area contributed by atoms with Gasteiger partial charge in [-0.1, -0.05) is 48.2 Å². The van der Waals surface area contributed by atoms with Crippen LogP contribution in [0.5, 0.6) is 0 Å². The summed E-state index contributed by atoms with van der Waals surface area (Å²) in [6, 6.07) is 20.0. The van der Waals surface area contributed by atoms with E-state index in [4.69, 9.17) is 4.42 Å². The molecule has 0 aliphatic carbocycles. The Kier molecular flexibility index (Phi) is 4.35. The van der Waals surface area contributed by atoms with Crippen LogP contribution in [0.2, 0.25) is 0 Å². The Hall–Kier alpha value is -2.86. The maximum Gasteiger partial charge on any atom is 0.226 e. The van der Waals surface area contributed by atoms with Gasteiger partial charge in [0.2, 0.25) is 5.89 Å². The van der Waals surface area contributed by atoms with Gasteiger partial charge in [-0.05, 0) is 31.2 Å². The Labute approximate surface area is 149 Å². The van der Waals surface area contributed by atoms with Crippen molar-refractivity contribution in [3.63, 3.8) is 0 Å². The second kappa shape index (κ2) is 6.94. The number of benzene rings is 2. The molecule has 2 aromatic carbocycles. The summed E-state index contributed by atoms with van der Waals surface area (Å²) in [5, 5.41) is 9.08. The first kappa shape index (κ1) is 15.7. The van der Waals surface area contributed by atoms with E-state index >= 15 is 0 Å². The summed E-state index contributed by atoms with van der Waals surface area (Å²) in [6.45, 7) is 1.94. The molecule has 4 aromatic rings. The Bertz CT molecular complexity index is 964. The van der Waals surface area contributed by atoms with Crippen molar-refractivity contribution in [2.75, 3.05) is 0 Å². The third kappa shape index (κ3) is 3.34. The van der Waals surface area contributed by atoms with Crippen LogP contribution in [-0.2, 0) is 5.75 Å². The van der Waals surface area contributed by atoms with E-state index in [1.54, 1.807) is 18.1 Å². The largest absolute Gasteiger partial charge is 0.441 e. The number of aromatic nitrogens is 4. The lowest BCUT2D eigenvalue weighted by Gasteiger charge is -2.05. The van der Waals surface area contributed by atoms with Gasteiger partial charge >= 0.3 is 0 Å². The van der Waals surface area contributed by atoms with Crippen molar-refractivity contribution >= 4 is 11.8 Å². The van der Waals surface area contributed by atoms with Crippen molar-refractivity contribution in [2.24, 2.45) is 0 Å². The van der Waals surface area contributed by atoms with Gasteiger partial charge in [0.15, 0.2) is 5.16 Å². The minimum absolute atomic E-state index is 0.651. The van der Waals surface area contributed by atoms with E-state index in [-0.39, 0.29) is 0 Å². The zero-order valence-corrected chi connectivity index (χ0v) is 14.5. The summed E-state index contributed by atoms with van der Waals surface area (Å²) in [5.74, 6) is 2.16. The van der Waals surface area contributed by atoms with Crippen molar-refractivity contribution in [2.45, 2.75) is 17.8 Å². The fourth-order valence-corrected chi connectivity index (χ4v) is 3.42. The molecule has 0 N–H and O–H groups in total. The minimum atomic E-state index is 0.651. The molecular weight excluding hydrogens is 332 g/mol. The van der Waals surface area contributed by atoms with E-state index in [0.29, 0.717) is 11.6 Å². The normalized spacial score (nSPS) is 10.9. The molecular formula is C19H16N4OS. The summed E-state index contributed by atoms with van der Waals surface area (Å²) in [5.41, 5.74) is 2.94. The number of aryl methyl sites for hydroxylation is 1. The summed E-state index contributed by atoms with van der Waals surface area (Å²) < 4.78 is 7.79. The van der Waals surface area contributed by atoms with Gasteiger partial charge in [-0.3, -0.25) is 4.57 Å². The maximum absolute atomic E-state index is 5.82. The highest BCUT2D eigenvalue weighted by atomic mass is 32.2. The predicted octanol–water partition coefficient (Wildman–Crippen LogP) is 4.52. The van der Waals surface area contributed by atoms with Crippen LogP contribution < -0.4 is 0 Å². The molecule has 0 unspecified atom stereocenters. The molecule has 25 heavy (non-hydrogen) atoms. The van der Waals surface area contributed by atoms with Crippen molar-refractivity contribution in [3.05, 3.63) is 78.4 Å². The lowest BCUT2D eigenvalue weighted by Crippen LogP contribution is -1.95. The zero-order valence-electron chi connectivity index (χ0n) is 13.7. The minimum Gasteiger partial charge on any atom is -0.441 e. The molecule has 0 bridgehead atoms. The van der Waals surface area contributed by atoms with Crippen LogP contribution >= 0.6 is 11.8 Å². The second-order valence-corrected chi connectivity index (χ2v) is 6.44. The van der Waals surface area contributed by atoms with E-state index < -0.39 is 0 Å². The molecule has 0 aliphatic rings. The summed E-state index contributed by atoms with van der Waals surface area (Å²) >= 11 is 1.59. The molecule has 4 rings (SSSR count). The third-order valence-corrected chi connectivity index (χ3v) is 4.76. The van der Waals surface area contributed by atoms with Crippen LogP contribution in [0, 0.1) is 6.92 Å². The number of oxazole rings is 1. The number of nitrogens with zero attached hydrogens (tertiary/aromatic N) is 4. The molecule has 124 valence electrons. The van der Waals surface area contributed by atoms with Gasteiger partial charge in [0.1, 0.15) is 12.1 Å². The molecule has 2 aromatic heterocycles. The average Bonchev–Trinajstić information content (AvgIpc) is 3.28. The summed E-state index contributed by atoms with van der Waals surface area (Å²) in [6.07, 6.45) is 1.72. The summed E-state index contributed by atoms with van der Waals surface area (Å²) in [4.78, 5) is 4.64. The van der Waals surface area contributed by atoms with Crippen molar-refractivity contribution < 1.29 is 4.42 Å². The van der Waals surface area contributed by atoms with Gasteiger partial charge in [0.25, 0.3) is 0 Å². The lowest BCUT2D eigenvalue weighted by molar-refractivity contribution is 0.540. The van der Waals surface area contributed by atoms with E-state index in [1.807, 2.05) is 72.2 Å². The standard InChI is InChI=1S/C19H16N4OS/c1-14-17(21-18(24-14)15-8-4-2-5-9-15)12-25-19-22-20-13-23(19)16-10-6-3-7-11-16/h2-11,13H,12H2,1H3. The van der Waals surface area contributed by atoms with Crippen LogP contribution in [0.1, 0.15) is 11.5 Å². The van der Waals surface area contributed by atoms with Gasteiger partial charge in [-0.15, -0.1) is 10.2 Å². The van der Waals surface area contributed by atoms with E-state index in [1.165, 1.54) is 0 Å². The van der Waals surface area contributed by atoms with E-state index in [2.05, 4.69) is 15.2 Å². The molecule has 0 spiro atoms. The second-order valence-electron chi connectivity index (χ2n) is 5.50. The first-order chi connectivity index (χ1) is 12.3. The third-order valence-electron chi connectivity index (χ3n) is 3.80. The Morgan fingerprint density at radius 3 is 2.48 bits per heavy atom. The molecule has 0 saturated heterocycles. The fourth-order valence-electron chi connectivity index (χ4n) is 2.49. The monoisotopic (exact) mass is 348 g/mol. The van der Waals surface area contributed by atoms with E-state index in [0.717, 1.165) is 27.9 Å². The quantitative estimate of drug-likeness (QED) is 0.496. The molecule has 5 nitrogen and oxygen atoms in total. The molecule has 0 amide bonds. The number of hydrogen-bond donors (Lipinski definition) is 0. The van der Waals surface area contributed by atoms with Crippen molar-refractivity contribution in [1.29, 1.82) is 0 Å². The van der Waals surface area contributed by atoms with Gasteiger partial charge in [0.05, 0.1) is 5.69 Å². The fraction of sp³-hybridized carbons (Fsp3) is 0.105. The average molecular weight is 348 g/mol. The highest BCUT2D eigenvalue weighted by Crippen LogP contribution is 2.27. The zero-order chi connectivity index (χ0) is 17.1. The highest BCUT2D eigenvalue weighted by molar-refractivity contribution is 7.98. The smallest absolute Gasteiger partial charge is 0.226 e. The van der Waals surface area contributed by atoms with Gasteiger partial charge < -0.3 is 4.42 Å². The van der Waals surface area contributed by atoms with Crippen molar-refractivity contribution in [1.82, 2.24) is 19.7 Å². The Morgan fingerprint density at radius 1 is 1.00 bits per heavy atom. The molecule has 0 atom stereocenters. The topological polar surface area (TPSA) is 56.7 Å². The Balaban J connectivity index is 1.53. The maximum atomic E-state index is 5.82. The predicted molar refractivity (Wildman–Crippen MR) is 97.6 cm³/mol. The van der Waals surface area contributed by atoms with Gasteiger partial charge in [0, 0.05) is 17.0 Å². The Morgan fingerprint density at radius 2 is 1.72 bits per heavy atom. The van der Waals surface area contributed by atoms with Gasteiger partial charge in [-0.2, -0.15) is 0 Å². The molecule has 2 heterocycles. The number of hydrogen-bond acceptors (Lipinski definition) is 5. The van der Waals surface area contributed by atoms with Crippen LogP contribution in [-0.4, -0.2) is 19.7 Å². The van der Waals surface area contributed by atoms with Crippen LogP contribution in [0.4, 0.5) is 0 Å². The first-order valence-corrected chi connectivity index (χ1v) is 8.90. The summed E-state index contributed by atoms with van der Waals surface area (Å²) in [7, 11) is 0.